The van der Waals surface area contributed by atoms with E-state index in [9.17, 15) is 9.59 Å². The Morgan fingerprint density at radius 3 is 2.31 bits per heavy atom. The third-order valence-corrected chi connectivity index (χ3v) is 3.56. The van der Waals surface area contributed by atoms with Crippen molar-refractivity contribution in [3.8, 4) is 0 Å². The van der Waals surface area contributed by atoms with E-state index in [1.165, 1.54) is 0 Å². The van der Waals surface area contributed by atoms with Crippen molar-refractivity contribution in [1.29, 1.82) is 0 Å². The molecule has 0 N–H and O–H groups in total. The van der Waals surface area contributed by atoms with Gasteiger partial charge in [0.25, 0.3) is 0 Å². The molecule has 2 fully saturated rings. The van der Waals surface area contributed by atoms with E-state index in [1.54, 1.807) is 0 Å². The van der Waals surface area contributed by atoms with Crippen molar-refractivity contribution >= 4 is 11.6 Å². The molecule has 0 spiro atoms. The molecule has 2 saturated carbocycles. The lowest BCUT2D eigenvalue weighted by Gasteiger charge is -2.35. The molecule has 2 nitrogen and oxygen atoms in total. The van der Waals surface area contributed by atoms with Crippen LogP contribution < -0.4 is 0 Å². The lowest BCUT2D eigenvalue weighted by molar-refractivity contribution is -0.140. The van der Waals surface area contributed by atoms with Crippen molar-refractivity contribution in [2.24, 2.45) is 17.8 Å². The minimum atomic E-state index is 0.0880. The molecule has 0 radical (unpaired) electrons. The predicted molar refractivity (Wildman–Crippen MR) is 49.2 cm³/mol. The van der Waals surface area contributed by atoms with Crippen LogP contribution in [0.25, 0.3) is 0 Å². The summed E-state index contributed by atoms with van der Waals surface area (Å²) in [5.41, 5.74) is 0. The van der Waals surface area contributed by atoms with Gasteiger partial charge in [0, 0.05) is 24.7 Å². The van der Waals surface area contributed by atoms with E-state index in [1.807, 2.05) is 0 Å². The average molecular weight is 180 g/mol. The van der Waals surface area contributed by atoms with Crippen LogP contribution in [0.5, 0.6) is 0 Å². The number of carbonyl (C=O) groups excluding carboxylic acids is 2. The normalized spacial score (nSPS) is 40.2. The average Bonchev–Trinajstić information content (AvgIpc) is 2.12. The Bertz CT molecular complexity index is 244. The topological polar surface area (TPSA) is 34.1 Å². The van der Waals surface area contributed by atoms with Crippen LogP contribution >= 0.6 is 0 Å². The summed E-state index contributed by atoms with van der Waals surface area (Å²) in [6, 6.07) is 0. The SMILES string of the molecule is CC1CCC2C(=O)CCC(=O)C2C1. The highest BCUT2D eigenvalue weighted by Gasteiger charge is 2.40. The second-order valence-corrected chi connectivity index (χ2v) is 4.56. The molecule has 13 heavy (non-hydrogen) atoms. The lowest BCUT2D eigenvalue weighted by Crippen LogP contribution is -2.39. The van der Waals surface area contributed by atoms with E-state index in [-0.39, 0.29) is 11.8 Å². The predicted octanol–water partition coefficient (Wildman–Crippen LogP) is 1.97. The van der Waals surface area contributed by atoms with Crippen molar-refractivity contribution < 1.29 is 9.59 Å². The van der Waals surface area contributed by atoms with Gasteiger partial charge in [-0.1, -0.05) is 6.92 Å². The van der Waals surface area contributed by atoms with E-state index in [0.717, 1.165) is 19.3 Å². The maximum atomic E-state index is 11.6. The van der Waals surface area contributed by atoms with E-state index in [2.05, 4.69) is 6.92 Å². The standard InChI is InChI=1S/C11H16O2/c1-7-2-3-8-9(6-7)11(13)5-4-10(8)12/h7-9H,2-6H2,1H3. The number of Topliss-reactive ketones (excluding diaryl/α,β-unsaturated/α-hetero) is 2. The van der Waals surface area contributed by atoms with E-state index in [4.69, 9.17) is 0 Å². The Kier molecular flexibility index (Phi) is 2.22. The van der Waals surface area contributed by atoms with Crippen LogP contribution in [0.1, 0.15) is 39.0 Å². The first-order valence-corrected chi connectivity index (χ1v) is 5.24. The number of hydrogen-bond acceptors (Lipinski definition) is 2. The molecule has 3 unspecified atom stereocenters. The van der Waals surface area contributed by atoms with Gasteiger partial charge in [-0.3, -0.25) is 9.59 Å². The molecule has 2 rings (SSSR count). The highest BCUT2D eigenvalue weighted by molar-refractivity contribution is 5.96. The summed E-state index contributed by atoms with van der Waals surface area (Å²) in [7, 11) is 0. The second-order valence-electron chi connectivity index (χ2n) is 4.56. The van der Waals surface area contributed by atoms with Gasteiger partial charge < -0.3 is 0 Å². The first-order chi connectivity index (χ1) is 6.18. The van der Waals surface area contributed by atoms with Crippen LogP contribution in [-0.4, -0.2) is 11.6 Å². The molecule has 72 valence electrons. The molecule has 0 heterocycles. The van der Waals surface area contributed by atoms with Crippen LogP contribution in [-0.2, 0) is 9.59 Å². The Morgan fingerprint density at radius 1 is 1.00 bits per heavy atom. The summed E-state index contributed by atoms with van der Waals surface area (Å²) >= 11 is 0. The smallest absolute Gasteiger partial charge is 0.137 e. The first kappa shape index (κ1) is 8.92. The molecule has 2 heteroatoms. The Labute approximate surface area is 78.7 Å². The van der Waals surface area contributed by atoms with Crippen molar-refractivity contribution in [3.63, 3.8) is 0 Å². The minimum absolute atomic E-state index is 0.0880. The number of rotatable bonds is 0. The van der Waals surface area contributed by atoms with Gasteiger partial charge in [0.15, 0.2) is 0 Å². The maximum Gasteiger partial charge on any atom is 0.137 e. The Balaban J connectivity index is 2.15. The van der Waals surface area contributed by atoms with Gasteiger partial charge in [-0.05, 0) is 25.2 Å². The van der Waals surface area contributed by atoms with Gasteiger partial charge in [0.2, 0.25) is 0 Å². The molecule has 3 atom stereocenters. The maximum absolute atomic E-state index is 11.6. The van der Waals surface area contributed by atoms with E-state index >= 15 is 0 Å². The molecule has 0 aromatic heterocycles. The lowest BCUT2D eigenvalue weighted by atomic mass is 9.67. The molecular weight excluding hydrogens is 164 g/mol. The monoisotopic (exact) mass is 180 g/mol. The van der Waals surface area contributed by atoms with E-state index < -0.39 is 0 Å². The highest BCUT2D eigenvalue weighted by Crippen LogP contribution is 2.38. The van der Waals surface area contributed by atoms with Crippen molar-refractivity contribution in [1.82, 2.24) is 0 Å². The highest BCUT2D eigenvalue weighted by atomic mass is 16.1. The molecule has 0 amide bonds. The second kappa shape index (κ2) is 3.24. The Morgan fingerprint density at radius 2 is 1.62 bits per heavy atom. The van der Waals surface area contributed by atoms with Crippen LogP contribution in [0, 0.1) is 17.8 Å². The zero-order valence-electron chi connectivity index (χ0n) is 8.08. The van der Waals surface area contributed by atoms with Gasteiger partial charge in [0.1, 0.15) is 11.6 Å². The molecular formula is C11H16O2. The third kappa shape index (κ3) is 1.54. The van der Waals surface area contributed by atoms with Gasteiger partial charge in [-0.25, -0.2) is 0 Å². The van der Waals surface area contributed by atoms with Crippen LogP contribution in [0.4, 0.5) is 0 Å². The zero-order chi connectivity index (χ0) is 9.42. The summed E-state index contributed by atoms with van der Waals surface area (Å²) in [5.74, 6) is 1.51. The summed E-state index contributed by atoms with van der Waals surface area (Å²) < 4.78 is 0. The van der Waals surface area contributed by atoms with Crippen molar-refractivity contribution in [2.75, 3.05) is 0 Å². The van der Waals surface area contributed by atoms with Crippen molar-refractivity contribution in [3.05, 3.63) is 0 Å². The molecule has 0 bridgehead atoms. The van der Waals surface area contributed by atoms with Gasteiger partial charge >= 0.3 is 0 Å². The fraction of sp³-hybridized carbons (Fsp3) is 0.818. The third-order valence-electron chi connectivity index (χ3n) is 3.56. The zero-order valence-corrected chi connectivity index (χ0v) is 8.08. The van der Waals surface area contributed by atoms with Gasteiger partial charge in [-0.15, -0.1) is 0 Å². The van der Waals surface area contributed by atoms with E-state index in [0.29, 0.717) is 30.3 Å². The number of carbonyl (C=O) groups is 2. The van der Waals surface area contributed by atoms with Crippen molar-refractivity contribution in [2.45, 2.75) is 39.0 Å². The Hall–Kier alpha value is -0.660. The summed E-state index contributed by atoms with van der Waals surface area (Å²) in [4.78, 5) is 23.1. The largest absolute Gasteiger partial charge is 0.299 e. The summed E-state index contributed by atoms with van der Waals surface area (Å²) in [5, 5.41) is 0. The van der Waals surface area contributed by atoms with Crippen LogP contribution in [0.2, 0.25) is 0 Å². The molecule has 0 saturated heterocycles. The molecule has 2 aliphatic rings. The molecule has 0 aromatic rings. The fourth-order valence-corrected chi connectivity index (χ4v) is 2.74. The van der Waals surface area contributed by atoms with Gasteiger partial charge in [0.05, 0.1) is 0 Å². The fourth-order valence-electron chi connectivity index (χ4n) is 2.74. The van der Waals surface area contributed by atoms with Gasteiger partial charge in [-0.2, -0.15) is 0 Å². The first-order valence-electron chi connectivity index (χ1n) is 5.24. The number of ketones is 2. The number of hydrogen-bond donors (Lipinski definition) is 0. The molecule has 0 aromatic carbocycles. The number of fused-ring (bicyclic) bond motifs is 1. The summed E-state index contributed by atoms with van der Waals surface area (Å²) in [6.07, 6.45) is 4.05. The quantitative estimate of drug-likeness (QED) is 0.571. The van der Waals surface area contributed by atoms with Crippen LogP contribution in [0.3, 0.4) is 0 Å². The van der Waals surface area contributed by atoms with Crippen LogP contribution in [0.15, 0.2) is 0 Å². The summed E-state index contributed by atoms with van der Waals surface area (Å²) in [6.45, 7) is 2.18. The molecule has 0 aliphatic heterocycles. The minimum Gasteiger partial charge on any atom is -0.299 e. The molecule has 2 aliphatic carbocycles.